The lowest BCUT2D eigenvalue weighted by atomic mass is 10.3. The van der Waals surface area contributed by atoms with Crippen LogP contribution in [0.25, 0.3) is 0 Å². The minimum Gasteiger partial charge on any atom is -0.308 e. The molecule has 0 unspecified atom stereocenters. The van der Waals surface area contributed by atoms with Gasteiger partial charge >= 0.3 is 6.03 Å². The molecule has 0 heterocycles. The van der Waals surface area contributed by atoms with Crippen LogP contribution in [0, 0.1) is 5.53 Å². The van der Waals surface area contributed by atoms with Crippen molar-refractivity contribution in [3.05, 3.63) is 48.5 Å². The third kappa shape index (κ3) is 4.11. The maximum atomic E-state index is 11.8. The van der Waals surface area contributed by atoms with Gasteiger partial charge in [-0.3, -0.25) is 0 Å². The number of rotatable bonds is 4. The summed E-state index contributed by atoms with van der Waals surface area (Å²) in [6.07, 6.45) is 0. The molecule has 8 nitrogen and oxygen atoms in total. The Morgan fingerprint density at radius 2 is 1.41 bits per heavy atom. The van der Waals surface area contributed by atoms with E-state index in [1.54, 1.807) is 24.3 Å². The van der Waals surface area contributed by atoms with E-state index in [0.717, 1.165) is 0 Å². The van der Waals surface area contributed by atoms with Gasteiger partial charge in [0.1, 0.15) is 0 Å². The third-order valence-corrected chi connectivity index (χ3v) is 3.62. The van der Waals surface area contributed by atoms with E-state index < -0.39 is 16.1 Å². The van der Waals surface area contributed by atoms with E-state index in [1.807, 2.05) is 0 Å². The molecule has 2 amide bonds. The predicted molar refractivity (Wildman–Crippen MR) is 81.7 cm³/mol. The molecule has 2 aromatic rings. The molecule has 2 aromatic carbocycles. The lowest BCUT2D eigenvalue weighted by Gasteiger charge is -2.08. The lowest BCUT2D eigenvalue weighted by Crippen LogP contribution is -2.19. The highest BCUT2D eigenvalue weighted by atomic mass is 32.2. The number of nitrogens with one attached hydrogen (secondary N) is 3. The second-order valence-electron chi connectivity index (χ2n) is 4.31. The molecule has 114 valence electrons. The van der Waals surface area contributed by atoms with Crippen LogP contribution in [0.3, 0.4) is 0 Å². The average Bonchev–Trinajstić information content (AvgIpc) is 2.47. The minimum absolute atomic E-state index is 0.0341. The Labute approximate surface area is 126 Å². The zero-order chi connectivity index (χ0) is 16.2. The van der Waals surface area contributed by atoms with Crippen molar-refractivity contribution in [3.63, 3.8) is 0 Å². The summed E-state index contributed by atoms with van der Waals surface area (Å²) in [5, 5.41) is 13.4. The van der Waals surface area contributed by atoms with Crippen LogP contribution in [0.4, 0.5) is 21.9 Å². The Balaban J connectivity index is 2.00. The second kappa shape index (κ2) is 6.33. The van der Waals surface area contributed by atoms with E-state index in [4.69, 9.17) is 10.7 Å². The molecule has 0 radical (unpaired) electrons. The Kier molecular flexibility index (Phi) is 4.49. The number of carbonyl (C=O) groups is 1. The largest absolute Gasteiger partial charge is 0.323 e. The molecule has 22 heavy (non-hydrogen) atoms. The van der Waals surface area contributed by atoms with Gasteiger partial charge in [0.15, 0.2) is 0 Å². The van der Waals surface area contributed by atoms with Gasteiger partial charge in [0, 0.05) is 11.4 Å². The molecule has 0 fully saturated rings. The van der Waals surface area contributed by atoms with Crippen LogP contribution in [-0.4, -0.2) is 14.4 Å². The summed E-state index contributed by atoms with van der Waals surface area (Å²) in [7, 11) is -3.76. The number of benzene rings is 2. The highest BCUT2D eigenvalue weighted by molar-refractivity contribution is 7.89. The van der Waals surface area contributed by atoms with Gasteiger partial charge in [-0.15, -0.1) is 0 Å². The summed E-state index contributed by atoms with van der Waals surface area (Å²) in [5.41, 5.74) is 8.27. The highest BCUT2D eigenvalue weighted by Crippen LogP contribution is 2.17. The topological polar surface area (TPSA) is 138 Å². The monoisotopic (exact) mass is 319 g/mol. The van der Waals surface area contributed by atoms with Gasteiger partial charge in [-0.05, 0) is 48.5 Å². The van der Waals surface area contributed by atoms with Gasteiger partial charge in [0.25, 0.3) is 0 Å². The number of sulfonamides is 1. The average molecular weight is 319 g/mol. The van der Waals surface area contributed by atoms with Crippen LogP contribution in [0.2, 0.25) is 0 Å². The Bertz CT molecular complexity index is 785. The number of anilines is 2. The normalized spacial score (nSPS) is 10.8. The number of carbonyl (C=O) groups excluding carboxylic acids is 1. The van der Waals surface area contributed by atoms with E-state index in [2.05, 4.69) is 15.7 Å². The molecule has 0 saturated heterocycles. The molecule has 0 saturated carbocycles. The van der Waals surface area contributed by atoms with E-state index in [0.29, 0.717) is 17.1 Å². The molecular weight excluding hydrogens is 306 g/mol. The van der Waals surface area contributed by atoms with E-state index in [9.17, 15) is 13.2 Å². The number of nitrogens with two attached hydrogens (primary N) is 1. The predicted octanol–water partition coefficient (Wildman–Crippen LogP) is 2.64. The van der Waals surface area contributed by atoms with Crippen molar-refractivity contribution < 1.29 is 13.2 Å². The van der Waals surface area contributed by atoms with Crippen molar-refractivity contribution in [3.8, 4) is 0 Å². The van der Waals surface area contributed by atoms with Gasteiger partial charge in [0.2, 0.25) is 10.0 Å². The van der Waals surface area contributed by atoms with Gasteiger partial charge in [-0.2, -0.15) is 5.11 Å². The molecule has 0 aliphatic heterocycles. The summed E-state index contributed by atoms with van der Waals surface area (Å²) in [6.45, 7) is 0. The van der Waals surface area contributed by atoms with Crippen LogP contribution in [0.1, 0.15) is 0 Å². The van der Waals surface area contributed by atoms with Crippen LogP contribution < -0.4 is 15.8 Å². The first-order valence-corrected chi connectivity index (χ1v) is 7.61. The molecule has 0 atom stereocenters. The number of nitrogens with zero attached hydrogens (tertiary/aromatic N) is 1. The molecule has 0 aromatic heterocycles. The van der Waals surface area contributed by atoms with Crippen molar-refractivity contribution in [2.24, 2.45) is 10.3 Å². The molecule has 9 heteroatoms. The van der Waals surface area contributed by atoms with Gasteiger partial charge in [0.05, 0.1) is 10.6 Å². The van der Waals surface area contributed by atoms with Gasteiger partial charge in [-0.1, -0.05) is 0 Å². The molecule has 0 spiro atoms. The van der Waals surface area contributed by atoms with Crippen molar-refractivity contribution in [2.45, 2.75) is 4.90 Å². The fourth-order valence-corrected chi connectivity index (χ4v) is 2.16. The molecule has 2 rings (SSSR count). The fourth-order valence-electron chi connectivity index (χ4n) is 1.64. The zero-order valence-corrected chi connectivity index (χ0v) is 12.1. The summed E-state index contributed by atoms with van der Waals surface area (Å²) in [4.78, 5) is 11.8. The first-order valence-electron chi connectivity index (χ1n) is 6.07. The quantitative estimate of drug-likeness (QED) is 0.644. The zero-order valence-electron chi connectivity index (χ0n) is 11.3. The lowest BCUT2D eigenvalue weighted by molar-refractivity contribution is 0.262. The Morgan fingerprint density at radius 1 is 0.955 bits per heavy atom. The summed E-state index contributed by atoms with van der Waals surface area (Å²) >= 11 is 0. The summed E-state index contributed by atoms with van der Waals surface area (Å²) in [6, 6.07) is 11.4. The molecular formula is C13H13N5O3S. The van der Waals surface area contributed by atoms with Crippen molar-refractivity contribution in [1.82, 2.24) is 0 Å². The number of amides is 2. The number of urea groups is 1. The van der Waals surface area contributed by atoms with Crippen molar-refractivity contribution in [2.75, 3.05) is 10.6 Å². The molecule has 0 bridgehead atoms. The van der Waals surface area contributed by atoms with Crippen LogP contribution >= 0.6 is 0 Å². The van der Waals surface area contributed by atoms with E-state index in [-0.39, 0.29) is 4.90 Å². The first kappa shape index (κ1) is 15.6. The Hall–Kier alpha value is -2.78. The summed E-state index contributed by atoms with van der Waals surface area (Å²) < 4.78 is 22.2. The van der Waals surface area contributed by atoms with Gasteiger partial charge < -0.3 is 10.6 Å². The van der Waals surface area contributed by atoms with E-state index >= 15 is 0 Å². The standard InChI is InChI=1S/C13H13N5O3S/c14-18-11-3-1-9(2-4-11)16-13(19)17-10-5-7-12(8-6-10)22(15,20)21/h1-8,14H,(H2,15,20,21)(H2,16,17,19). The van der Waals surface area contributed by atoms with Gasteiger partial charge in [-0.25, -0.2) is 23.9 Å². The number of primary sulfonamides is 1. The highest BCUT2D eigenvalue weighted by Gasteiger charge is 2.08. The minimum atomic E-state index is -3.76. The number of hydrogen-bond donors (Lipinski definition) is 4. The molecule has 0 aliphatic rings. The van der Waals surface area contributed by atoms with Crippen molar-refractivity contribution >= 4 is 33.1 Å². The maximum absolute atomic E-state index is 11.8. The number of hydrogen-bond acceptors (Lipinski definition) is 5. The smallest absolute Gasteiger partial charge is 0.308 e. The third-order valence-electron chi connectivity index (χ3n) is 2.69. The maximum Gasteiger partial charge on any atom is 0.323 e. The first-order chi connectivity index (χ1) is 10.4. The second-order valence-corrected chi connectivity index (χ2v) is 5.87. The van der Waals surface area contributed by atoms with Crippen LogP contribution in [0.5, 0.6) is 0 Å². The van der Waals surface area contributed by atoms with Crippen LogP contribution in [0.15, 0.2) is 58.5 Å². The van der Waals surface area contributed by atoms with Crippen molar-refractivity contribution in [1.29, 1.82) is 5.53 Å². The molecule has 0 aliphatic carbocycles. The molecule has 5 N–H and O–H groups in total. The summed E-state index contributed by atoms with van der Waals surface area (Å²) in [5.74, 6) is 0. The Morgan fingerprint density at radius 3 is 1.82 bits per heavy atom. The van der Waals surface area contributed by atoms with E-state index in [1.165, 1.54) is 24.3 Å². The SMILES string of the molecule is N=Nc1ccc(NC(=O)Nc2ccc(S(N)(=O)=O)cc2)cc1. The fraction of sp³-hybridized carbons (Fsp3) is 0. The van der Waals surface area contributed by atoms with Crippen LogP contribution in [-0.2, 0) is 10.0 Å².